The van der Waals surface area contributed by atoms with E-state index in [9.17, 15) is 5.11 Å². The van der Waals surface area contributed by atoms with Gasteiger partial charge >= 0.3 is 0 Å². The third kappa shape index (κ3) is 2.39. The SMILES string of the molecule is Cc1ccc([C@]2(O)CC[C@H]3CN(Cc4cccs4)C[C@H]32)nc1. The Morgan fingerprint density at radius 1 is 1.36 bits per heavy atom. The summed E-state index contributed by atoms with van der Waals surface area (Å²) >= 11 is 1.82. The van der Waals surface area contributed by atoms with Crippen molar-refractivity contribution in [1.29, 1.82) is 0 Å². The molecule has 0 unspecified atom stereocenters. The summed E-state index contributed by atoms with van der Waals surface area (Å²) in [6.45, 7) is 5.14. The monoisotopic (exact) mass is 314 g/mol. The van der Waals surface area contributed by atoms with E-state index in [-0.39, 0.29) is 0 Å². The summed E-state index contributed by atoms with van der Waals surface area (Å²) in [6.07, 6.45) is 3.84. The molecule has 4 rings (SSSR count). The summed E-state index contributed by atoms with van der Waals surface area (Å²) in [4.78, 5) is 8.44. The molecule has 1 aliphatic heterocycles. The first kappa shape index (κ1) is 14.4. The van der Waals surface area contributed by atoms with Gasteiger partial charge < -0.3 is 5.11 Å². The molecule has 2 aliphatic rings. The summed E-state index contributed by atoms with van der Waals surface area (Å²) in [6, 6.07) is 8.39. The molecule has 2 aromatic heterocycles. The van der Waals surface area contributed by atoms with E-state index < -0.39 is 5.60 Å². The van der Waals surface area contributed by atoms with Crippen LogP contribution in [0.4, 0.5) is 0 Å². The van der Waals surface area contributed by atoms with Crippen molar-refractivity contribution in [1.82, 2.24) is 9.88 Å². The van der Waals surface area contributed by atoms with Crippen molar-refractivity contribution in [2.75, 3.05) is 13.1 Å². The molecule has 3 atom stereocenters. The molecule has 0 bridgehead atoms. The molecule has 1 saturated heterocycles. The third-order valence-electron chi connectivity index (χ3n) is 5.34. The second kappa shape index (κ2) is 5.44. The Hall–Kier alpha value is -1.23. The van der Waals surface area contributed by atoms with Gasteiger partial charge in [-0.15, -0.1) is 11.3 Å². The minimum atomic E-state index is -0.734. The lowest BCUT2D eigenvalue weighted by molar-refractivity contribution is -0.0108. The number of fused-ring (bicyclic) bond motifs is 1. The van der Waals surface area contributed by atoms with Crippen LogP contribution in [0.5, 0.6) is 0 Å². The van der Waals surface area contributed by atoms with E-state index in [4.69, 9.17) is 0 Å². The average molecular weight is 314 g/mol. The van der Waals surface area contributed by atoms with Crippen LogP contribution in [0.2, 0.25) is 0 Å². The van der Waals surface area contributed by atoms with Gasteiger partial charge in [0.2, 0.25) is 0 Å². The molecule has 4 heteroatoms. The van der Waals surface area contributed by atoms with Crippen LogP contribution in [0.15, 0.2) is 35.8 Å². The van der Waals surface area contributed by atoms with Crippen molar-refractivity contribution in [3.8, 4) is 0 Å². The second-order valence-corrected chi connectivity index (χ2v) is 7.86. The molecule has 1 N–H and O–H groups in total. The number of aryl methyl sites for hydroxylation is 1. The Morgan fingerprint density at radius 2 is 2.27 bits per heavy atom. The van der Waals surface area contributed by atoms with Crippen LogP contribution in [0, 0.1) is 18.8 Å². The van der Waals surface area contributed by atoms with Gasteiger partial charge in [-0.1, -0.05) is 12.1 Å². The number of aromatic nitrogens is 1. The van der Waals surface area contributed by atoms with E-state index >= 15 is 0 Å². The lowest BCUT2D eigenvalue weighted by atomic mass is 9.85. The van der Waals surface area contributed by atoms with Crippen LogP contribution in [0.25, 0.3) is 0 Å². The molecule has 1 aliphatic carbocycles. The van der Waals surface area contributed by atoms with Crippen LogP contribution in [0.1, 0.15) is 29.0 Å². The Balaban J connectivity index is 1.53. The number of aliphatic hydroxyl groups is 1. The van der Waals surface area contributed by atoms with Gasteiger partial charge in [-0.3, -0.25) is 9.88 Å². The van der Waals surface area contributed by atoms with Crippen molar-refractivity contribution < 1.29 is 5.11 Å². The summed E-state index contributed by atoms with van der Waals surface area (Å²) < 4.78 is 0. The van der Waals surface area contributed by atoms with E-state index in [2.05, 4.69) is 33.5 Å². The van der Waals surface area contributed by atoms with Crippen molar-refractivity contribution in [3.63, 3.8) is 0 Å². The highest BCUT2D eigenvalue weighted by atomic mass is 32.1. The van der Waals surface area contributed by atoms with Crippen LogP contribution < -0.4 is 0 Å². The fourth-order valence-corrected chi connectivity index (χ4v) is 4.93. The highest BCUT2D eigenvalue weighted by molar-refractivity contribution is 7.09. The Bertz CT molecular complexity index is 640. The molecular weight excluding hydrogens is 292 g/mol. The van der Waals surface area contributed by atoms with Gasteiger partial charge in [0.05, 0.1) is 5.69 Å². The number of likely N-dealkylation sites (tertiary alicyclic amines) is 1. The van der Waals surface area contributed by atoms with Gasteiger partial charge in [0.1, 0.15) is 5.60 Å². The van der Waals surface area contributed by atoms with E-state index in [1.54, 1.807) is 0 Å². The minimum absolute atomic E-state index is 0.322. The van der Waals surface area contributed by atoms with Gasteiger partial charge in [0.15, 0.2) is 0 Å². The largest absolute Gasteiger partial charge is 0.383 e. The predicted molar refractivity (Wildman–Crippen MR) is 88.7 cm³/mol. The van der Waals surface area contributed by atoms with Crippen LogP contribution in [-0.4, -0.2) is 28.1 Å². The average Bonchev–Trinajstić information content (AvgIpc) is 3.21. The van der Waals surface area contributed by atoms with E-state index in [1.165, 1.54) is 4.88 Å². The van der Waals surface area contributed by atoms with Crippen LogP contribution >= 0.6 is 11.3 Å². The number of rotatable bonds is 3. The summed E-state index contributed by atoms with van der Waals surface area (Å²) in [5.74, 6) is 0.927. The molecule has 2 aromatic rings. The first-order valence-electron chi connectivity index (χ1n) is 8.05. The smallest absolute Gasteiger partial charge is 0.111 e. The third-order valence-corrected chi connectivity index (χ3v) is 6.20. The molecule has 116 valence electrons. The Morgan fingerprint density at radius 3 is 3.00 bits per heavy atom. The van der Waals surface area contributed by atoms with Gasteiger partial charge in [0, 0.05) is 36.6 Å². The van der Waals surface area contributed by atoms with Crippen molar-refractivity contribution in [2.24, 2.45) is 11.8 Å². The first-order valence-corrected chi connectivity index (χ1v) is 8.93. The zero-order valence-electron chi connectivity index (χ0n) is 12.9. The maximum atomic E-state index is 11.3. The van der Waals surface area contributed by atoms with Gasteiger partial charge in [-0.25, -0.2) is 0 Å². The quantitative estimate of drug-likeness (QED) is 0.945. The lowest BCUT2D eigenvalue weighted by Gasteiger charge is -2.29. The van der Waals surface area contributed by atoms with Crippen molar-refractivity contribution >= 4 is 11.3 Å². The molecule has 1 saturated carbocycles. The fourth-order valence-electron chi connectivity index (χ4n) is 4.18. The van der Waals surface area contributed by atoms with Crippen LogP contribution in [-0.2, 0) is 12.1 Å². The standard InChI is InChI=1S/C18H22N2OS/c1-13-4-5-17(19-9-13)18(21)7-6-14-10-20(12-16(14)18)11-15-3-2-8-22-15/h2-5,8-9,14,16,21H,6-7,10-12H2,1H3/t14-,16+,18-/m0/s1. The fraction of sp³-hybridized carbons (Fsp3) is 0.500. The molecule has 3 nitrogen and oxygen atoms in total. The summed E-state index contributed by atoms with van der Waals surface area (Å²) in [7, 11) is 0. The summed E-state index contributed by atoms with van der Waals surface area (Å²) in [5.41, 5.74) is 1.28. The molecule has 2 fully saturated rings. The predicted octanol–water partition coefficient (Wildman–Crippen LogP) is 3.18. The molecule has 3 heterocycles. The second-order valence-electron chi connectivity index (χ2n) is 6.82. The Labute approximate surface area is 135 Å². The van der Waals surface area contributed by atoms with E-state index in [0.29, 0.717) is 11.8 Å². The number of thiophene rings is 1. The molecule has 0 radical (unpaired) electrons. The zero-order valence-corrected chi connectivity index (χ0v) is 13.7. The molecule has 0 amide bonds. The van der Waals surface area contributed by atoms with Crippen molar-refractivity contribution in [2.45, 2.75) is 31.9 Å². The normalized spacial score (nSPS) is 31.5. The van der Waals surface area contributed by atoms with E-state index in [0.717, 1.165) is 43.7 Å². The maximum absolute atomic E-state index is 11.3. The number of hydrogen-bond donors (Lipinski definition) is 1. The highest BCUT2D eigenvalue weighted by Crippen LogP contribution is 2.50. The molecular formula is C18H22N2OS. The topological polar surface area (TPSA) is 36.4 Å². The highest BCUT2D eigenvalue weighted by Gasteiger charge is 2.52. The van der Waals surface area contributed by atoms with E-state index in [1.807, 2.05) is 30.5 Å². The van der Waals surface area contributed by atoms with Gasteiger partial charge in [0.25, 0.3) is 0 Å². The molecule has 0 spiro atoms. The number of pyridine rings is 1. The minimum Gasteiger partial charge on any atom is -0.383 e. The van der Waals surface area contributed by atoms with Crippen LogP contribution in [0.3, 0.4) is 0 Å². The molecule has 0 aromatic carbocycles. The van der Waals surface area contributed by atoms with Gasteiger partial charge in [-0.2, -0.15) is 0 Å². The Kier molecular flexibility index (Phi) is 3.56. The van der Waals surface area contributed by atoms with Crippen molar-refractivity contribution in [3.05, 3.63) is 52.0 Å². The van der Waals surface area contributed by atoms with Gasteiger partial charge in [-0.05, 0) is 48.8 Å². The maximum Gasteiger partial charge on any atom is 0.111 e. The molecule has 22 heavy (non-hydrogen) atoms. The lowest BCUT2D eigenvalue weighted by Crippen LogP contribution is -2.35. The summed E-state index contributed by atoms with van der Waals surface area (Å²) in [5, 5.41) is 13.4. The first-order chi connectivity index (χ1) is 10.6. The number of hydrogen-bond acceptors (Lipinski definition) is 4. The number of nitrogens with zero attached hydrogens (tertiary/aromatic N) is 2. The zero-order chi connectivity index (χ0) is 15.2.